The normalized spacial score (nSPS) is 17.2. The van der Waals surface area contributed by atoms with Gasteiger partial charge in [0, 0.05) is 30.2 Å². The molecule has 1 N–H and O–H groups in total. The zero-order valence-electron chi connectivity index (χ0n) is 10.8. The van der Waals surface area contributed by atoms with Gasteiger partial charge in [0.2, 0.25) is 0 Å². The van der Waals surface area contributed by atoms with Crippen LogP contribution in [-0.2, 0) is 0 Å². The molecule has 3 heteroatoms. The maximum absolute atomic E-state index is 6.28. The molecule has 2 nitrogen and oxygen atoms in total. The summed E-state index contributed by atoms with van der Waals surface area (Å²) < 4.78 is 0. The zero-order chi connectivity index (χ0) is 12.7. The van der Waals surface area contributed by atoms with Gasteiger partial charge in [-0.3, -0.25) is 0 Å². The number of nitrogens with zero attached hydrogens (tertiary/aromatic N) is 1. The monoisotopic (exact) mass is 260 g/mol. The van der Waals surface area contributed by atoms with Crippen molar-refractivity contribution in [2.24, 2.45) is 0 Å². The van der Waals surface area contributed by atoms with E-state index in [1.165, 1.54) is 22.1 Å². The molecule has 1 aliphatic heterocycles. The Kier molecular flexibility index (Phi) is 2.92. The van der Waals surface area contributed by atoms with E-state index < -0.39 is 0 Å². The van der Waals surface area contributed by atoms with E-state index in [0.717, 1.165) is 30.0 Å². The fourth-order valence-corrected chi connectivity index (χ4v) is 2.93. The number of hydrogen-bond donors (Lipinski definition) is 1. The molecule has 1 aliphatic rings. The minimum atomic E-state index is 0.810. The third-order valence-electron chi connectivity index (χ3n) is 3.64. The van der Waals surface area contributed by atoms with Crippen molar-refractivity contribution in [1.82, 2.24) is 9.88 Å². The van der Waals surface area contributed by atoms with E-state index in [-0.39, 0.29) is 0 Å². The van der Waals surface area contributed by atoms with E-state index in [1.54, 1.807) is 0 Å². The number of aromatic nitrogens is 1. The van der Waals surface area contributed by atoms with Crippen LogP contribution in [0.1, 0.15) is 17.5 Å². The second-order valence-electron chi connectivity index (χ2n) is 5.11. The van der Waals surface area contributed by atoms with Crippen molar-refractivity contribution in [1.29, 1.82) is 0 Å². The Hall–Kier alpha value is -1.25. The third-order valence-corrected chi connectivity index (χ3v) is 3.94. The molecule has 2 heterocycles. The molecule has 0 saturated carbocycles. The molecule has 0 spiro atoms. The maximum Gasteiger partial charge on any atom is 0.0649 e. The Morgan fingerprint density at radius 2 is 2.17 bits per heavy atom. The lowest BCUT2D eigenvalue weighted by atomic mass is 9.98. The first-order chi connectivity index (χ1) is 8.65. The number of likely N-dealkylation sites (N-methyl/N-ethyl adjacent to an activating group) is 1. The molecule has 2 aromatic rings. The number of nitrogens with one attached hydrogen (secondary N) is 1. The van der Waals surface area contributed by atoms with E-state index in [1.807, 2.05) is 6.07 Å². The number of halogens is 1. The average Bonchev–Trinajstić information content (AvgIpc) is 2.74. The molecule has 1 aromatic heterocycles. The van der Waals surface area contributed by atoms with E-state index >= 15 is 0 Å². The Morgan fingerprint density at radius 3 is 2.89 bits per heavy atom. The van der Waals surface area contributed by atoms with Crippen LogP contribution in [0.4, 0.5) is 0 Å². The van der Waals surface area contributed by atoms with Crippen molar-refractivity contribution in [3.63, 3.8) is 0 Å². The number of rotatable bonds is 1. The van der Waals surface area contributed by atoms with Crippen LogP contribution in [0.25, 0.3) is 16.5 Å². The molecule has 0 unspecified atom stereocenters. The number of fused-ring (bicyclic) bond motifs is 1. The van der Waals surface area contributed by atoms with Gasteiger partial charge >= 0.3 is 0 Å². The molecule has 0 radical (unpaired) electrons. The highest BCUT2D eigenvalue weighted by molar-refractivity contribution is 6.35. The van der Waals surface area contributed by atoms with Crippen LogP contribution in [0.3, 0.4) is 0 Å². The fourth-order valence-electron chi connectivity index (χ4n) is 2.60. The van der Waals surface area contributed by atoms with Crippen LogP contribution in [0.2, 0.25) is 5.02 Å². The van der Waals surface area contributed by atoms with Crippen molar-refractivity contribution in [2.45, 2.75) is 13.3 Å². The lowest BCUT2D eigenvalue weighted by molar-refractivity contribution is 0.370. The Balaban J connectivity index is 2.13. The van der Waals surface area contributed by atoms with Gasteiger partial charge in [0.05, 0.1) is 10.5 Å². The highest BCUT2D eigenvalue weighted by Crippen LogP contribution is 2.33. The first-order valence-corrected chi connectivity index (χ1v) is 6.68. The molecule has 0 atom stereocenters. The summed E-state index contributed by atoms with van der Waals surface area (Å²) in [5, 5.41) is 2.06. The Morgan fingerprint density at radius 1 is 1.33 bits per heavy atom. The summed E-state index contributed by atoms with van der Waals surface area (Å²) in [6.07, 6.45) is 5.52. The smallest absolute Gasteiger partial charge is 0.0649 e. The van der Waals surface area contributed by atoms with Gasteiger partial charge in [0.15, 0.2) is 0 Å². The predicted molar refractivity (Wildman–Crippen MR) is 78.1 cm³/mol. The lowest BCUT2D eigenvalue weighted by Crippen LogP contribution is -2.23. The van der Waals surface area contributed by atoms with Gasteiger partial charge in [-0.25, -0.2) is 0 Å². The minimum absolute atomic E-state index is 0.810. The second-order valence-corrected chi connectivity index (χ2v) is 5.52. The topological polar surface area (TPSA) is 19.0 Å². The van der Waals surface area contributed by atoms with Gasteiger partial charge < -0.3 is 9.88 Å². The fraction of sp³-hybridized carbons (Fsp3) is 0.333. The van der Waals surface area contributed by atoms with Gasteiger partial charge in [-0.15, -0.1) is 0 Å². The summed E-state index contributed by atoms with van der Waals surface area (Å²) in [5.41, 5.74) is 5.00. The predicted octanol–water partition coefficient (Wildman–Crippen LogP) is 3.85. The van der Waals surface area contributed by atoms with Crippen LogP contribution >= 0.6 is 11.6 Å². The molecule has 1 aromatic carbocycles. The van der Waals surface area contributed by atoms with E-state index in [0.29, 0.717) is 0 Å². The SMILES string of the molecule is Cc1cc(Cl)c2[nH]cc(C3=CCN(C)CC3)c2c1. The molecule has 0 saturated heterocycles. The van der Waals surface area contributed by atoms with Crippen LogP contribution in [-0.4, -0.2) is 30.0 Å². The average molecular weight is 261 g/mol. The molecular formula is C15H17ClN2. The van der Waals surface area contributed by atoms with E-state index in [9.17, 15) is 0 Å². The summed E-state index contributed by atoms with van der Waals surface area (Å²) in [7, 11) is 2.16. The number of hydrogen-bond acceptors (Lipinski definition) is 1. The summed E-state index contributed by atoms with van der Waals surface area (Å²) in [5.74, 6) is 0. The van der Waals surface area contributed by atoms with Crippen molar-refractivity contribution in [3.05, 3.63) is 40.6 Å². The van der Waals surface area contributed by atoms with Crippen LogP contribution in [0.5, 0.6) is 0 Å². The van der Waals surface area contributed by atoms with Gasteiger partial charge in [0.1, 0.15) is 0 Å². The van der Waals surface area contributed by atoms with Gasteiger partial charge in [-0.1, -0.05) is 17.7 Å². The largest absolute Gasteiger partial charge is 0.359 e. The number of aryl methyl sites for hydroxylation is 1. The minimum Gasteiger partial charge on any atom is -0.359 e. The lowest BCUT2D eigenvalue weighted by Gasteiger charge is -2.21. The standard InChI is InChI=1S/C15H17ClN2/c1-10-7-12-13(9-17-15(12)14(16)8-10)11-3-5-18(2)6-4-11/h3,7-9,17H,4-6H2,1-2H3. The summed E-state index contributed by atoms with van der Waals surface area (Å²) in [6.45, 7) is 4.24. The number of H-pyrrole nitrogens is 1. The number of benzene rings is 1. The summed E-state index contributed by atoms with van der Waals surface area (Å²) >= 11 is 6.28. The molecule has 0 bridgehead atoms. The Bertz CT molecular complexity index is 625. The highest BCUT2D eigenvalue weighted by Gasteiger charge is 2.14. The molecule has 94 valence electrons. The van der Waals surface area contributed by atoms with Crippen molar-refractivity contribution in [2.75, 3.05) is 20.1 Å². The summed E-state index contributed by atoms with van der Waals surface area (Å²) in [6, 6.07) is 4.22. The second kappa shape index (κ2) is 4.45. The first-order valence-electron chi connectivity index (χ1n) is 6.30. The third kappa shape index (κ3) is 1.96. The molecule has 0 fully saturated rings. The zero-order valence-corrected chi connectivity index (χ0v) is 11.5. The van der Waals surface area contributed by atoms with Crippen LogP contribution in [0.15, 0.2) is 24.4 Å². The summed E-state index contributed by atoms with van der Waals surface area (Å²) in [4.78, 5) is 5.64. The first kappa shape index (κ1) is 11.8. The molecule has 0 aliphatic carbocycles. The van der Waals surface area contributed by atoms with Crippen LogP contribution < -0.4 is 0 Å². The van der Waals surface area contributed by atoms with E-state index in [4.69, 9.17) is 11.6 Å². The van der Waals surface area contributed by atoms with Crippen molar-refractivity contribution >= 4 is 28.1 Å². The maximum atomic E-state index is 6.28. The Labute approximate surface area is 112 Å². The molecular weight excluding hydrogens is 244 g/mol. The molecule has 3 rings (SSSR count). The van der Waals surface area contributed by atoms with Gasteiger partial charge in [-0.2, -0.15) is 0 Å². The van der Waals surface area contributed by atoms with Gasteiger partial charge in [0.25, 0.3) is 0 Å². The quantitative estimate of drug-likeness (QED) is 0.825. The molecule has 0 amide bonds. The van der Waals surface area contributed by atoms with Gasteiger partial charge in [-0.05, 0) is 43.7 Å². The highest BCUT2D eigenvalue weighted by atomic mass is 35.5. The van der Waals surface area contributed by atoms with E-state index in [2.05, 4.69) is 42.2 Å². The van der Waals surface area contributed by atoms with Crippen molar-refractivity contribution < 1.29 is 0 Å². The number of aromatic amines is 1. The van der Waals surface area contributed by atoms with Crippen LogP contribution in [0, 0.1) is 6.92 Å². The molecule has 18 heavy (non-hydrogen) atoms. The van der Waals surface area contributed by atoms with Crippen molar-refractivity contribution in [3.8, 4) is 0 Å².